The van der Waals surface area contributed by atoms with Crippen LogP contribution in [0.4, 0.5) is 0 Å². The number of nitrogens with zero attached hydrogens (tertiary/aromatic N) is 1. The fourth-order valence-electron chi connectivity index (χ4n) is 1.48. The van der Waals surface area contributed by atoms with Crippen molar-refractivity contribution in [1.29, 1.82) is 0 Å². The molecule has 2 N–H and O–H groups in total. The molecule has 0 aliphatic heterocycles. The molecule has 0 spiro atoms. The van der Waals surface area contributed by atoms with Crippen LogP contribution in [0.3, 0.4) is 0 Å². The largest absolute Gasteiger partial charge is 0.505 e. The summed E-state index contributed by atoms with van der Waals surface area (Å²) in [6.07, 6.45) is 0. The van der Waals surface area contributed by atoms with Crippen molar-refractivity contribution in [3.63, 3.8) is 0 Å². The number of benzene rings is 1. The van der Waals surface area contributed by atoms with Gasteiger partial charge in [-0.25, -0.2) is 5.10 Å². The Morgan fingerprint density at radius 2 is 1.94 bits per heavy atom. The zero-order valence-corrected chi connectivity index (χ0v) is 9.10. The summed E-state index contributed by atoms with van der Waals surface area (Å²) in [6.45, 7) is 1.51. The standard InChI is InChI=1S/C12H10N2O3/c1-7-10(15)9(12(17)14-13-7)11(16)8-5-3-2-4-6-8/h2-6H,1H3,(H2,14,15,17). The Morgan fingerprint density at radius 1 is 1.29 bits per heavy atom. The van der Waals surface area contributed by atoms with Crippen LogP contribution in [0.1, 0.15) is 21.6 Å². The predicted molar refractivity (Wildman–Crippen MR) is 61.1 cm³/mol. The summed E-state index contributed by atoms with van der Waals surface area (Å²) < 4.78 is 0. The Bertz CT molecular complexity index is 617. The van der Waals surface area contributed by atoms with Crippen molar-refractivity contribution in [2.45, 2.75) is 6.92 Å². The molecule has 0 radical (unpaired) electrons. The Hall–Kier alpha value is -2.43. The molecule has 1 heterocycles. The second kappa shape index (κ2) is 4.21. The number of carbonyl (C=O) groups is 1. The van der Waals surface area contributed by atoms with Crippen molar-refractivity contribution in [3.8, 4) is 5.75 Å². The lowest BCUT2D eigenvalue weighted by Crippen LogP contribution is -2.20. The fraction of sp³-hybridized carbons (Fsp3) is 0.0833. The molecule has 86 valence electrons. The maximum atomic E-state index is 12.0. The van der Waals surface area contributed by atoms with Crippen molar-refractivity contribution >= 4 is 5.78 Å². The fourth-order valence-corrected chi connectivity index (χ4v) is 1.48. The van der Waals surface area contributed by atoms with Crippen molar-refractivity contribution in [3.05, 3.63) is 57.5 Å². The normalized spacial score (nSPS) is 10.2. The number of rotatable bonds is 2. The predicted octanol–water partition coefficient (Wildman–Crippen LogP) is 1.01. The summed E-state index contributed by atoms with van der Waals surface area (Å²) in [4.78, 5) is 23.5. The molecule has 0 unspecified atom stereocenters. The van der Waals surface area contributed by atoms with Crippen LogP contribution in [0.25, 0.3) is 0 Å². The summed E-state index contributed by atoms with van der Waals surface area (Å²) in [5, 5.41) is 15.5. The van der Waals surface area contributed by atoms with Crippen LogP contribution >= 0.6 is 0 Å². The minimum Gasteiger partial charge on any atom is -0.505 e. The van der Waals surface area contributed by atoms with Crippen LogP contribution in [0.15, 0.2) is 35.1 Å². The number of aromatic nitrogens is 2. The Morgan fingerprint density at radius 3 is 2.59 bits per heavy atom. The van der Waals surface area contributed by atoms with Crippen molar-refractivity contribution in [2.24, 2.45) is 0 Å². The molecule has 5 heteroatoms. The molecule has 0 fully saturated rings. The van der Waals surface area contributed by atoms with Crippen molar-refractivity contribution in [1.82, 2.24) is 10.2 Å². The molecule has 0 atom stereocenters. The summed E-state index contributed by atoms with van der Waals surface area (Å²) >= 11 is 0. The van der Waals surface area contributed by atoms with Gasteiger partial charge in [0.15, 0.2) is 5.75 Å². The molecule has 1 aromatic heterocycles. The summed E-state index contributed by atoms with van der Waals surface area (Å²) in [5.41, 5.74) is -0.409. The molecule has 0 amide bonds. The Balaban J connectivity index is 2.60. The van der Waals surface area contributed by atoms with Crippen molar-refractivity contribution in [2.75, 3.05) is 0 Å². The zero-order chi connectivity index (χ0) is 12.4. The highest BCUT2D eigenvalue weighted by molar-refractivity contribution is 6.10. The SMILES string of the molecule is Cc1n[nH]c(=O)c(C(=O)c2ccccc2)c1O. The van der Waals surface area contributed by atoms with E-state index in [-0.39, 0.29) is 17.0 Å². The van der Waals surface area contributed by atoms with Crippen LogP contribution in [0, 0.1) is 6.92 Å². The van der Waals surface area contributed by atoms with E-state index in [1.54, 1.807) is 30.3 Å². The molecule has 17 heavy (non-hydrogen) atoms. The van der Waals surface area contributed by atoms with E-state index >= 15 is 0 Å². The lowest BCUT2D eigenvalue weighted by Gasteiger charge is -2.04. The molecular weight excluding hydrogens is 220 g/mol. The topological polar surface area (TPSA) is 83.0 Å². The van der Waals surface area contributed by atoms with Crippen molar-refractivity contribution < 1.29 is 9.90 Å². The van der Waals surface area contributed by atoms with E-state index in [9.17, 15) is 14.7 Å². The third-order valence-corrected chi connectivity index (χ3v) is 2.39. The first-order valence-corrected chi connectivity index (χ1v) is 4.99. The average molecular weight is 230 g/mol. The minimum absolute atomic E-state index is 0.212. The van der Waals surface area contributed by atoms with Gasteiger partial charge in [-0.3, -0.25) is 9.59 Å². The van der Waals surface area contributed by atoms with Gasteiger partial charge in [0.1, 0.15) is 11.3 Å². The Kier molecular flexibility index (Phi) is 2.74. The summed E-state index contributed by atoms with van der Waals surface area (Å²) in [5.74, 6) is -0.891. The van der Waals surface area contributed by atoms with Gasteiger partial charge in [-0.1, -0.05) is 30.3 Å². The van der Waals surface area contributed by atoms with Crippen LogP contribution in [-0.2, 0) is 0 Å². The monoisotopic (exact) mass is 230 g/mol. The number of hydrogen-bond acceptors (Lipinski definition) is 4. The third kappa shape index (κ3) is 1.94. The highest BCUT2D eigenvalue weighted by Gasteiger charge is 2.19. The first kappa shape index (κ1) is 11.1. The summed E-state index contributed by atoms with van der Waals surface area (Å²) in [7, 11) is 0. The van der Waals surface area contributed by atoms with Crippen LogP contribution in [-0.4, -0.2) is 21.1 Å². The molecule has 5 nitrogen and oxygen atoms in total. The number of carbonyl (C=O) groups excluding carboxylic acids is 1. The molecule has 2 rings (SSSR count). The molecule has 0 saturated heterocycles. The number of H-pyrrole nitrogens is 1. The maximum absolute atomic E-state index is 12.0. The first-order valence-electron chi connectivity index (χ1n) is 4.99. The summed E-state index contributed by atoms with van der Waals surface area (Å²) in [6, 6.07) is 8.30. The number of hydrogen-bond donors (Lipinski definition) is 2. The molecule has 0 aliphatic carbocycles. The Labute approximate surface area is 96.7 Å². The van der Waals surface area contributed by atoms with Gasteiger partial charge in [0.25, 0.3) is 5.56 Å². The smallest absolute Gasteiger partial charge is 0.279 e. The van der Waals surface area contributed by atoms with Gasteiger partial charge in [0.05, 0.1) is 0 Å². The number of aryl methyl sites for hydroxylation is 1. The number of aromatic hydroxyl groups is 1. The zero-order valence-electron chi connectivity index (χ0n) is 9.10. The molecular formula is C12H10N2O3. The lowest BCUT2D eigenvalue weighted by atomic mass is 10.0. The lowest BCUT2D eigenvalue weighted by molar-refractivity contribution is 0.103. The van der Waals surface area contributed by atoms with Gasteiger partial charge in [0.2, 0.25) is 5.78 Å². The molecule has 2 aromatic rings. The molecule has 0 bridgehead atoms. The average Bonchev–Trinajstić information content (AvgIpc) is 2.35. The highest BCUT2D eigenvalue weighted by atomic mass is 16.3. The van der Waals surface area contributed by atoms with E-state index in [0.29, 0.717) is 5.56 Å². The van der Waals surface area contributed by atoms with E-state index in [4.69, 9.17) is 0 Å². The molecule has 1 aromatic carbocycles. The maximum Gasteiger partial charge on any atom is 0.279 e. The quantitative estimate of drug-likeness (QED) is 0.754. The van der Waals surface area contributed by atoms with E-state index in [1.807, 2.05) is 0 Å². The van der Waals surface area contributed by atoms with Gasteiger partial charge in [-0.05, 0) is 6.92 Å². The number of ketones is 1. The highest BCUT2D eigenvalue weighted by Crippen LogP contribution is 2.18. The molecule has 0 aliphatic rings. The van der Waals surface area contributed by atoms with E-state index < -0.39 is 11.3 Å². The second-order valence-corrected chi connectivity index (χ2v) is 3.56. The van der Waals surface area contributed by atoms with Gasteiger partial charge in [0, 0.05) is 5.56 Å². The minimum atomic E-state index is -0.693. The van der Waals surface area contributed by atoms with Crippen LogP contribution in [0.2, 0.25) is 0 Å². The van der Waals surface area contributed by atoms with E-state index in [2.05, 4.69) is 10.2 Å². The third-order valence-electron chi connectivity index (χ3n) is 2.39. The van der Waals surface area contributed by atoms with Crippen LogP contribution < -0.4 is 5.56 Å². The first-order chi connectivity index (χ1) is 8.11. The van der Waals surface area contributed by atoms with E-state index in [0.717, 1.165) is 0 Å². The van der Waals surface area contributed by atoms with Gasteiger partial charge < -0.3 is 5.11 Å². The molecule has 0 saturated carbocycles. The number of aromatic amines is 1. The van der Waals surface area contributed by atoms with Gasteiger partial charge in [-0.2, -0.15) is 5.10 Å². The second-order valence-electron chi connectivity index (χ2n) is 3.56. The van der Waals surface area contributed by atoms with Gasteiger partial charge >= 0.3 is 0 Å². The van der Waals surface area contributed by atoms with E-state index in [1.165, 1.54) is 6.92 Å². The van der Waals surface area contributed by atoms with Gasteiger partial charge in [-0.15, -0.1) is 0 Å². The number of nitrogens with one attached hydrogen (secondary N) is 1. The van der Waals surface area contributed by atoms with Crippen LogP contribution in [0.5, 0.6) is 5.75 Å².